The summed E-state index contributed by atoms with van der Waals surface area (Å²) in [6.07, 6.45) is 4.87. The highest BCUT2D eigenvalue weighted by Crippen LogP contribution is 2.32. The first-order chi connectivity index (χ1) is 9.16. The molecule has 0 saturated heterocycles. The van der Waals surface area contributed by atoms with Crippen molar-refractivity contribution in [3.8, 4) is 0 Å². The summed E-state index contributed by atoms with van der Waals surface area (Å²) in [5.74, 6) is 0.692. The van der Waals surface area contributed by atoms with Gasteiger partial charge in [0, 0.05) is 28.4 Å². The van der Waals surface area contributed by atoms with Crippen LogP contribution in [-0.2, 0) is 0 Å². The van der Waals surface area contributed by atoms with Crippen LogP contribution in [0.3, 0.4) is 0 Å². The second kappa shape index (κ2) is 4.64. The Hall–Kier alpha value is -1.91. The Kier molecular flexibility index (Phi) is 2.97. The fourth-order valence-electron chi connectivity index (χ4n) is 2.11. The van der Waals surface area contributed by atoms with Crippen LogP contribution in [-0.4, -0.2) is 9.97 Å². The lowest BCUT2D eigenvalue weighted by atomic mass is 10.1. The maximum absolute atomic E-state index is 6.19. The molecule has 0 aliphatic rings. The highest BCUT2D eigenvalue weighted by Gasteiger charge is 2.19. The molecule has 3 rings (SSSR count). The quantitative estimate of drug-likeness (QED) is 0.778. The van der Waals surface area contributed by atoms with Crippen molar-refractivity contribution < 1.29 is 4.42 Å². The third-order valence-electron chi connectivity index (χ3n) is 3.12. The lowest BCUT2D eigenvalue weighted by molar-refractivity contribution is 0.516. The van der Waals surface area contributed by atoms with Crippen molar-refractivity contribution in [2.75, 3.05) is 0 Å². The van der Waals surface area contributed by atoms with Gasteiger partial charge in [-0.25, -0.2) is 0 Å². The molecule has 0 bridgehead atoms. The molecule has 1 atom stereocenters. The van der Waals surface area contributed by atoms with Crippen LogP contribution in [0.4, 0.5) is 0 Å². The number of furan rings is 1. The fraction of sp³-hybridized carbons (Fsp3) is 0.143. The SMILES string of the molecule is Cc1c(C(N)c2cnccn2)oc2ccc(Cl)cc12. The van der Waals surface area contributed by atoms with Crippen molar-refractivity contribution in [1.29, 1.82) is 0 Å². The first-order valence-electron chi connectivity index (χ1n) is 5.87. The summed E-state index contributed by atoms with van der Waals surface area (Å²) in [4.78, 5) is 8.23. The minimum absolute atomic E-state index is 0.431. The molecule has 19 heavy (non-hydrogen) atoms. The Bertz CT molecular complexity index is 724. The van der Waals surface area contributed by atoms with Gasteiger partial charge in [0.15, 0.2) is 0 Å². The van der Waals surface area contributed by atoms with Gasteiger partial charge in [0.05, 0.1) is 11.9 Å². The van der Waals surface area contributed by atoms with Crippen molar-refractivity contribution in [1.82, 2.24) is 9.97 Å². The van der Waals surface area contributed by atoms with E-state index in [9.17, 15) is 0 Å². The fourth-order valence-corrected chi connectivity index (χ4v) is 2.29. The van der Waals surface area contributed by atoms with Crippen LogP contribution in [0.1, 0.15) is 23.1 Å². The second-order valence-electron chi connectivity index (χ2n) is 4.34. The molecule has 0 radical (unpaired) electrons. The lowest BCUT2D eigenvalue weighted by Gasteiger charge is -2.08. The van der Waals surface area contributed by atoms with Gasteiger partial charge in [-0.05, 0) is 25.1 Å². The normalized spacial score (nSPS) is 12.8. The van der Waals surface area contributed by atoms with Crippen molar-refractivity contribution in [3.63, 3.8) is 0 Å². The molecule has 2 aromatic heterocycles. The zero-order valence-corrected chi connectivity index (χ0v) is 11.1. The van der Waals surface area contributed by atoms with Crippen molar-refractivity contribution in [2.45, 2.75) is 13.0 Å². The average Bonchev–Trinajstić information content (AvgIpc) is 2.76. The summed E-state index contributed by atoms with van der Waals surface area (Å²) in [6.45, 7) is 1.97. The highest BCUT2D eigenvalue weighted by atomic mass is 35.5. The number of nitrogens with two attached hydrogens (primary N) is 1. The smallest absolute Gasteiger partial charge is 0.134 e. The molecule has 5 heteroatoms. The van der Waals surface area contributed by atoms with Crippen LogP contribution in [0.5, 0.6) is 0 Å². The molecule has 0 fully saturated rings. The van der Waals surface area contributed by atoms with E-state index >= 15 is 0 Å². The number of nitrogens with zero attached hydrogens (tertiary/aromatic N) is 2. The van der Waals surface area contributed by atoms with Gasteiger partial charge in [-0.2, -0.15) is 0 Å². The molecule has 0 amide bonds. The molecular weight excluding hydrogens is 262 g/mol. The topological polar surface area (TPSA) is 64.9 Å². The first-order valence-corrected chi connectivity index (χ1v) is 6.24. The van der Waals surface area contributed by atoms with Gasteiger partial charge in [0.1, 0.15) is 17.4 Å². The molecule has 2 N–H and O–H groups in total. The number of rotatable bonds is 2. The zero-order valence-electron chi connectivity index (χ0n) is 10.3. The Morgan fingerprint density at radius 1 is 1.32 bits per heavy atom. The van der Waals surface area contributed by atoms with E-state index < -0.39 is 6.04 Å². The van der Waals surface area contributed by atoms with Crippen LogP contribution in [0.2, 0.25) is 5.02 Å². The average molecular weight is 274 g/mol. The van der Waals surface area contributed by atoms with Crippen molar-refractivity contribution >= 4 is 22.6 Å². The first kappa shape index (κ1) is 12.1. The molecule has 1 aromatic carbocycles. The summed E-state index contributed by atoms with van der Waals surface area (Å²) in [6, 6.07) is 5.09. The number of aryl methyl sites for hydroxylation is 1. The zero-order chi connectivity index (χ0) is 13.4. The van der Waals surface area contributed by atoms with E-state index in [0.717, 1.165) is 16.5 Å². The molecule has 4 nitrogen and oxygen atoms in total. The Labute approximate surface area is 115 Å². The van der Waals surface area contributed by atoms with Gasteiger partial charge in [0.25, 0.3) is 0 Å². The third-order valence-corrected chi connectivity index (χ3v) is 3.35. The van der Waals surface area contributed by atoms with Gasteiger partial charge in [-0.15, -0.1) is 0 Å². The van der Waals surface area contributed by atoms with Crippen LogP contribution in [0.25, 0.3) is 11.0 Å². The summed E-state index contributed by atoms with van der Waals surface area (Å²) < 4.78 is 5.82. The summed E-state index contributed by atoms with van der Waals surface area (Å²) in [5.41, 5.74) is 8.62. The molecule has 96 valence electrons. The number of aromatic nitrogens is 2. The van der Waals surface area contributed by atoms with E-state index in [1.54, 1.807) is 24.7 Å². The Morgan fingerprint density at radius 3 is 2.89 bits per heavy atom. The second-order valence-corrected chi connectivity index (χ2v) is 4.78. The molecule has 3 aromatic rings. The van der Waals surface area contributed by atoms with Crippen molar-refractivity contribution in [2.24, 2.45) is 5.73 Å². The third kappa shape index (κ3) is 2.09. The number of fused-ring (bicyclic) bond motifs is 1. The van der Waals surface area contributed by atoms with E-state index in [4.69, 9.17) is 21.8 Å². The molecule has 0 saturated carbocycles. The summed E-state index contributed by atoms with van der Waals surface area (Å²) in [5, 5.41) is 1.65. The molecule has 1 unspecified atom stereocenters. The van der Waals surface area contributed by atoms with Crippen LogP contribution in [0.15, 0.2) is 41.2 Å². The van der Waals surface area contributed by atoms with Crippen LogP contribution < -0.4 is 5.73 Å². The predicted octanol–water partition coefficient (Wildman–Crippen LogP) is 3.23. The largest absolute Gasteiger partial charge is 0.459 e. The maximum atomic E-state index is 6.19. The summed E-state index contributed by atoms with van der Waals surface area (Å²) >= 11 is 6.00. The van der Waals surface area contributed by atoms with Gasteiger partial charge < -0.3 is 10.2 Å². The van der Waals surface area contributed by atoms with Crippen LogP contribution >= 0.6 is 11.6 Å². The number of halogens is 1. The summed E-state index contributed by atoms with van der Waals surface area (Å²) in [7, 11) is 0. The molecular formula is C14H12ClN3O. The van der Waals surface area contributed by atoms with E-state index in [0.29, 0.717) is 16.5 Å². The number of hydrogen-bond acceptors (Lipinski definition) is 4. The molecule has 0 aliphatic carbocycles. The molecule has 0 aliphatic heterocycles. The monoisotopic (exact) mass is 273 g/mol. The minimum Gasteiger partial charge on any atom is -0.459 e. The Balaban J connectivity index is 2.13. The molecule has 2 heterocycles. The van der Waals surface area contributed by atoms with Gasteiger partial charge >= 0.3 is 0 Å². The van der Waals surface area contributed by atoms with Gasteiger partial charge in [-0.3, -0.25) is 9.97 Å². The van der Waals surface area contributed by atoms with Gasteiger partial charge in [-0.1, -0.05) is 11.6 Å². The maximum Gasteiger partial charge on any atom is 0.134 e. The lowest BCUT2D eigenvalue weighted by Crippen LogP contribution is -2.13. The Morgan fingerprint density at radius 2 is 2.16 bits per heavy atom. The van der Waals surface area contributed by atoms with E-state index in [1.807, 2.05) is 19.1 Å². The predicted molar refractivity (Wildman–Crippen MR) is 74.0 cm³/mol. The van der Waals surface area contributed by atoms with Crippen LogP contribution in [0, 0.1) is 6.92 Å². The van der Waals surface area contributed by atoms with Gasteiger partial charge in [0.2, 0.25) is 0 Å². The molecule has 0 spiro atoms. The number of hydrogen-bond donors (Lipinski definition) is 1. The minimum atomic E-state index is -0.431. The number of benzene rings is 1. The standard InChI is InChI=1S/C14H12ClN3O/c1-8-10-6-9(15)2-3-12(10)19-14(8)13(16)11-7-17-4-5-18-11/h2-7,13H,16H2,1H3. The van der Waals surface area contributed by atoms with E-state index in [-0.39, 0.29) is 0 Å². The highest BCUT2D eigenvalue weighted by molar-refractivity contribution is 6.31. The van der Waals surface area contributed by atoms with E-state index in [2.05, 4.69) is 9.97 Å². The van der Waals surface area contributed by atoms with Crippen molar-refractivity contribution in [3.05, 3.63) is 58.8 Å². The van der Waals surface area contributed by atoms with E-state index in [1.165, 1.54) is 0 Å².